The Bertz CT molecular complexity index is 4100. The molecule has 8 aromatic rings. The predicted octanol–water partition coefficient (Wildman–Crippen LogP) is 20.5. The summed E-state index contributed by atoms with van der Waals surface area (Å²) in [6.45, 7) is 46.7. The molecule has 0 fully saturated rings. The summed E-state index contributed by atoms with van der Waals surface area (Å²) in [6, 6.07) is 56.6. The van der Waals surface area contributed by atoms with Gasteiger partial charge in [0.1, 0.15) is 0 Å². The molecule has 0 radical (unpaired) electrons. The fourth-order valence-corrected chi connectivity index (χ4v) is 17.0. The number of hydrogen-bond acceptors (Lipinski definition) is 3. The summed E-state index contributed by atoms with van der Waals surface area (Å²) in [5.74, 6) is 0. The van der Waals surface area contributed by atoms with E-state index in [1.54, 1.807) is 0 Å². The van der Waals surface area contributed by atoms with Crippen molar-refractivity contribution in [2.45, 2.75) is 213 Å². The predicted molar refractivity (Wildman–Crippen MR) is 367 cm³/mol. The molecule has 0 bridgehead atoms. The van der Waals surface area contributed by atoms with Crippen LogP contribution in [0.1, 0.15) is 217 Å². The lowest BCUT2D eigenvalue weighted by Crippen LogP contribution is -2.62. The summed E-state index contributed by atoms with van der Waals surface area (Å²) >= 11 is 0. The quantitative estimate of drug-likeness (QED) is 0.159. The zero-order chi connectivity index (χ0) is 60.2. The molecule has 8 aromatic carbocycles. The van der Waals surface area contributed by atoms with Crippen LogP contribution in [0.5, 0.6) is 0 Å². The average molecular weight is 1120 g/mol. The maximum atomic E-state index is 2.81. The van der Waals surface area contributed by atoms with E-state index in [0.29, 0.717) is 0 Å². The molecule has 2 aliphatic heterocycles. The van der Waals surface area contributed by atoms with Crippen molar-refractivity contribution in [2.24, 2.45) is 0 Å². The molecule has 4 aliphatic carbocycles. The Morgan fingerprint density at radius 3 is 1.35 bits per heavy atom. The van der Waals surface area contributed by atoms with Gasteiger partial charge >= 0.3 is 0 Å². The molecular weight excluding hydrogens is 1030 g/mol. The van der Waals surface area contributed by atoms with Gasteiger partial charge in [-0.1, -0.05) is 203 Å². The van der Waals surface area contributed by atoms with Gasteiger partial charge in [-0.2, -0.15) is 0 Å². The topological polar surface area (TPSA) is 9.72 Å². The standard InChI is InChI=1S/C81H92BN3/c1-49-25-20-22-28-65(49)84(66-29-23-21-26-50(66)2)53-43-70-73-71(44-53)85(67-30-24-27-55-54-33-31-51(74(3,4)5)41-57(54)81(18,19)72(55)67)69-48-62-60(78(12,13)38-40-80(62,16)17)46-64(69)82(73)63-45-59-61(79(14,15)39-37-77(59,10)11)47-68(63)83(70)52-32-34-56-58(42-52)76(8,9)36-35-75(56,6)7/h20-34,41-48H,35-40H2,1-19H3. The molecule has 0 amide bonds. The second-order valence-corrected chi connectivity index (χ2v) is 32.7. The van der Waals surface area contributed by atoms with Gasteiger partial charge in [-0.15, -0.1) is 0 Å². The van der Waals surface area contributed by atoms with Gasteiger partial charge in [-0.05, 0) is 234 Å². The van der Waals surface area contributed by atoms with Crippen molar-refractivity contribution in [3.8, 4) is 11.1 Å². The van der Waals surface area contributed by atoms with Crippen LogP contribution in [0.2, 0.25) is 0 Å². The molecule has 0 unspecified atom stereocenters. The molecule has 0 N–H and O–H groups in total. The number of nitrogens with zero attached hydrogens (tertiary/aromatic N) is 3. The minimum absolute atomic E-state index is 0.00321. The van der Waals surface area contributed by atoms with Crippen LogP contribution in [0.4, 0.5) is 51.2 Å². The van der Waals surface area contributed by atoms with Gasteiger partial charge in [0.2, 0.25) is 0 Å². The minimum Gasteiger partial charge on any atom is -0.311 e. The lowest BCUT2D eigenvalue weighted by molar-refractivity contribution is 0.332. The highest BCUT2D eigenvalue weighted by molar-refractivity contribution is 7.00. The van der Waals surface area contributed by atoms with Gasteiger partial charge < -0.3 is 14.7 Å². The van der Waals surface area contributed by atoms with Crippen LogP contribution in [-0.2, 0) is 43.3 Å². The van der Waals surface area contributed by atoms with Crippen LogP contribution >= 0.6 is 0 Å². The maximum absolute atomic E-state index is 2.81. The van der Waals surface area contributed by atoms with E-state index in [2.05, 4.69) is 286 Å². The van der Waals surface area contributed by atoms with Crippen LogP contribution in [0.15, 0.2) is 140 Å². The van der Waals surface area contributed by atoms with Gasteiger partial charge in [-0.3, -0.25) is 0 Å². The Labute approximate surface area is 511 Å². The highest BCUT2D eigenvalue weighted by atomic mass is 15.2. The van der Waals surface area contributed by atoms with Gasteiger partial charge in [0, 0.05) is 45.2 Å². The Kier molecular flexibility index (Phi) is 12.0. The number of para-hydroxylation sites is 2. The van der Waals surface area contributed by atoms with Gasteiger partial charge in [0.25, 0.3) is 6.71 Å². The molecule has 0 atom stereocenters. The summed E-state index contributed by atoms with van der Waals surface area (Å²) in [5, 5.41) is 0. The molecule has 0 saturated heterocycles. The number of aryl methyl sites for hydroxylation is 2. The maximum Gasteiger partial charge on any atom is 0.252 e. The van der Waals surface area contributed by atoms with E-state index < -0.39 is 0 Å². The van der Waals surface area contributed by atoms with Crippen molar-refractivity contribution in [3.63, 3.8) is 0 Å². The first kappa shape index (κ1) is 56.1. The lowest BCUT2D eigenvalue weighted by atomic mass is 9.32. The fourth-order valence-electron chi connectivity index (χ4n) is 17.0. The highest BCUT2D eigenvalue weighted by Gasteiger charge is 2.51. The number of anilines is 9. The minimum atomic E-state index is -0.305. The SMILES string of the molecule is Cc1ccccc1N(c1cc2c3c(c1)N(c1cccc4c1C(C)(C)c1cc(C(C)(C)C)ccc1-4)c1cc4c(cc1B3c1cc3c(cc1N2c1ccc2c(c1)C(C)(C)CCC2(C)C)C(C)(C)CCC3(C)C)C(C)(C)CCC4(C)C)c1ccccc1C. The Hall–Kier alpha value is -6.78. The molecule has 2 heterocycles. The van der Waals surface area contributed by atoms with E-state index in [0.717, 1.165) is 37.8 Å². The van der Waals surface area contributed by atoms with Crippen molar-refractivity contribution in [2.75, 3.05) is 14.7 Å². The van der Waals surface area contributed by atoms with E-state index in [4.69, 9.17) is 0 Å². The molecule has 0 spiro atoms. The molecule has 434 valence electrons. The summed E-state index contributed by atoms with van der Waals surface area (Å²) in [4.78, 5) is 8.18. The molecule has 14 rings (SSSR count). The Morgan fingerprint density at radius 1 is 0.388 bits per heavy atom. The molecule has 0 aromatic heterocycles. The van der Waals surface area contributed by atoms with E-state index in [-0.39, 0.29) is 50.0 Å². The van der Waals surface area contributed by atoms with Crippen molar-refractivity contribution >= 4 is 74.3 Å². The largest absolute Gasteiger partial charge is 0.311 e. The Balaban J connectivity index is 1.18. The summed E-state index contributed by atoms with van der Waals surface area (Å²) in [5.41, 5.74) is 33.5. The third-order valence-corrected chi connectivity index (χ3v) is 22.8. The fraction of sp³-hybridized carbons (Fsp3) is 0.407. The smallest absolute Gasteiger partial charge is 0.252 e. The number of rotatable bonds is 5. The van der Waals surface area contributed by atoms with Crippen molar-refractivity contribution in [1.82, 2.24) is 0 Å². The second-order valence-electron chi connectivity index (χ2n) is 32.7. The number of benzene rings is 8. The molecule has 0 saturated carbocycles. The lowest BCUT2D eigenvalue weighted by Gasteiger charge is -2.49. The third-order valence-electron chi connectivity index (χ3n) is 22.8. The van der Waals surface area contributed by atoms with Crippen molar-refractivity contribution < 1.29 is 0 Å². The number of hydrogen-bond donors (Lipinski definition) is 0. The molecule has 85 heavy (non-hydrogen) atoms. The van der Waals surface area contributed by atoms with Crippen LogP contribution in [-0.4, -0.2) is 6.71 Å². The molecule has 6 aliphatic rings. The third kappa shape index (κ3) is 8.24. The summed E-state index contributed by atoms with van der Waals surface area (Å²) in [7, 11) is 0. The van der Waals surface area contributed by atoms with Crippen LogP contribution in [0, 0.1) is 13.8 Å². The summed E-state index contributed by atoms with van der Waals surface area (Å²) < 4.78 is 0. The first-order valence-electron chi connectivity index (χ1n) is 32.3. The Morgan fingerprint density at radius 2 is 0.847 bits per heavy atom. The molecule has 4 heteroatoms. The van der Waals surface area contributed by atoms with Crippen molar-refractivity contribution in [3.05, 3.63) is 201 Å². The van der Waals surface area contributed by atoms with E-state index in [1.807, 2.05) is 0 Å². The van der Waals surface area contributed by atoms with Crippen LogP contribution < -0.4 is 31.1 Å². The first-order valence-corrected chi connectivity index (χ1v) is 32.3. The van der Waals surface area contributed by atoms with Crippen LogP contribution in [0.3, 0.4) is 0 Å². The van der Waals surface area contributed by atoms with Gasteiger partial charge in [0.05, 0.1) is 11.4 Å². The average Bonchev–Trinajstić information content (AvgIpc) is 1.24. The van der Waals surface area contributed by atoms with Crippen LogP contribution in [0.25, 0.3) is 11.1 Å². The number of fused-ring (bicyclic) bond motifs is 10. The summed E-state index contributed by atoms with van der Waals surface area (Å²) in [6.07, 6.45) is 6.94. The normalized spacial score (nSPS) is 19.8. The molecular formula is C81H92BN3. The van der Waals surface area contributed by atoms with Gasteiger partial charge in [0.15, 0.2) is 0 Å². The van der Waals surface area contributed by atoms with E-state index >= 15 is 0 Å². The van der Waals surface area contributed by atoms with E-state index in [9.17, 15) is 0 Å². The van der Waals surface area contributed by atoms with Gasteiger partial charge in [-0.25, -0.2) is 0 Å². The monoisotopic (exact) mass is 1120 g/mol. The highest BCUT2D eigenvalue weighted by Crippen LogP contribution is 2.59. The molecule has 3 nitrogen and oxygen atoms in total. The van der Waals surface area contributed by atoms with E-state index in [1.165, 1.54) is 141 Å². The first-order chi connectivity index (χ1) is 39.8. The zero-order valence-corrected chi connectivity index (χ0v) is 54.9. The van der Waals surface area contributed by atoms with Crippen molar-refractivity contribution in [1.29, 1.82) is 0 Å². The zero-order valence-electron chi connectivity index (χ0n) is 54.9. The second kappa shape index (κ2) is 18.2.